The summed E-state index contributed by atoms with van der Waals surface area (Å²) in [7, 11) is 1.67. The lowest BCUT2D eigenvalue weighted by atomic mass is 9.76. The van der Waals surface area contributed by atoms with Crippen LogP contribution in [0.15, 0.2) is 0 Å². The molecule has 1 saturated heterocycles. The average Bonchev–Trinajstić information content (AvgIpc) is 3.23. The van der Waals surface area contributed by atoms with Crippen molar-refractivity contribution >= 4 is 0 Å². The Balaban J connectivity index is 1.59. The third kappa shape index (κ3) is 4.40. The molecule has 1 aliphatic heterocycles. The van der Waals surface area contributed by atoms with E-state index < -0.39 is 0 Å². The van der Waals surface area contributed by atoms with E-state index in [0.717, 1.165) is 32.0 Å². The highest BCUT2D eigenvalue weighted by molar-refractivity contribution is 4.99. The fourth-order valence-electron chi connectivity index (χ4n) is 3.07. The Morgan fingerprint density at radius 3 is 2.45 bits per heavy atom. The summed E-state index contributed by atoms with van der Waals surface area (Å²) in [5, 5.41) is 0. The maximum atomic E-state index is 6.05. The van der Waals surface area contributed by atoms with E-state index in [1.54, 1.807) is 7.11 Å². The Hall–Kier alpha value is -0.200. The van der Waals surface area contributed by atoms with Crippen molar-refractivity contribution in [2.75, 3.05) is 53.3 Å². The van der Waals surface area contributed by atoms with Gasteiger partial charge in [-0.25, -0.2) is 0 Å². The molecule has 0 amide bonds. The van der Waals surface area contributed by atoms with Gasteiger partial charge < -0.3 is 24.7 Å². The standard InChI is InChI=1S/C15H29NO4/c1-17-8-9-19-11-10-18-6-4-15(12-16)5-7-20-14(15)13-2-3-13/h13-14H,2-12,16H2,1H3. The summed E-state index contributed by atoms with van der Waals surface area (Å²) in [6.45, 7) is 4.85. The molecule has 0 aromatic carbocycles. The van der Waals surface area contributed by atoms with Gasteiger partial charge in [0.05, 0.1) is 32.5 Å². The van der Waals surface area contributed by atoms with Crippen molar-refractivity contribution < 1.29 is 18.9 Å². The van der Waals surface area contributed by atoms with Crippen LogP contribution >= 0.6 is 0 Å². The number of hydrogen-bond donors (Lipinski definition) is 1. The van der Waals surface area contributed by atoms with Crippen molar-refractivity contribution in [2.24, 2.45) is 17.1 Å². The molecule has 0 bridgehead atoms. The quantitative estimate of drug-likeness (QED) is 0.579. The smallest absolute Gasteiger partial charge is 0.0701 e. The van der Waals surface area contributed by atoms with Gasteiger partial charge in [-0.3, -0.25) is 0 Å². The van der Waals surface area contributed by atoms with E-state index in [-0.39, 0.29) is 5.41 Å². The lowest BCUT2D eigenvalue weighted by molar-refractivity contribution is -0.00400. The maximum Gasteiger partial charge on any atom is 0.0701 e. The minimum absolute atomic E-state index is 0.151. The largest absolute Gasteiger partial charge is 0.382 e. The highest BCUT2D eigenvalue weighted by Gasteiger charge is 2.49. The van der Waals surface area contributed by atoms with Gasteiger partial charge in [0.25, 0.3) is 0 Å². The third-order valence-electron chi connectivity index (χ3n) is 4.51. The van der Waals surface area contributed by atoms with Crippen LogP contribution in [0.25, 0.3) is 0 Å². The van der Waals surface area contributed by atoms with E-state index >= 15 is 0 Å². The van der Waals surface area contributed by atoms with Crippen LogP contribution in [0, 0.1) is 11.3 Å². The van der Waals surface area contributed by atoms with Crippen molar-refractivity contribution in [3.63, 3.8) is 0 Å². The normalized spacial score (nSPS) is 30.0. The van der Waals surface area contributed by atoms with Crippen molar-refractivity contribution in [3.05, 3.63) is 0 Å². The highest BCUT2D eigenvalue weighted by atomic mass is 16.5. The van der Waals surface area contributed by atoms with Gasteiger partial charge in [0.15, 0.2) is 0 Å². The molecule has 2 rings (SSSR count). The van der Waals surface area contributed by atoms with Crippen molar-refractivity contribution in [3.8, 4) is 0 Å². The second-order valence-electron chi connectivity index (χ2n) is 5.91. The number of rotatable bonds is 11. The first-order chi connectivity index (χ1) is 9.82. The summed E-state index contributed by atoms with van der Waals surface area (Å²) in [6, 6.07) is 0. The Morgan fingerprint density at radius 2 is 1.80 bits per heavy atom. The molecular formula is C15H29NO4. The fourth-order valence-corrected chi connectivity index (χ4v) is 3.07. The average molecular weight is 287 g/mol. The summed E-state index contributed by atoms with van der Waals surface area (Å²) >= 11 is 0. The Bertz CT molecular complexity index is 273. The molecule has 0 aromatic heterocycles. The van der Waals surface area contributed by atoms with Crippen LogP contribution in [-0.2, 0) is 18.9 Å². The summed E-state index contributed by atoms with van der Waals surface area (Å²) < 4.78 is 21.9. The van der Waals surface area contributed by atoms with Crippen LogP contribution in [-0.4, -0.2) is 59.4 Å². The van der Waals surface area contributed by atoms with Gasteiger partial charge in [-0.05, 0) is 31.6 Å². The topological polar surface area (TPSA) is 62.9 Å². The zero-order valence-corrected chi connectivity index (χ0v) is 12.6. The van der Waals surface area contributed by atoms with E-state index in [1.165, 1.54) is 12.8 Å². The lowest BCUT2D eigenvalue weighted by Gasteiger charge is -2.33. The zero-order chi connectivity index (χ0) is 14.3. The van der Waals surface area contributed by atoms with Gasteiger partial charge in [0, 0.05) is 32.3 Å². The Morgan fingerprint density at radius 1 is 1.10 bits per heavy atom. The summed E-state index contributed by atoms with van der Waals surface area (Å²) in [5.74, 6) is 0.749. The Kier molecular flexibility index (Phi) is 6.71. The molecule has 5 nitrogen and oxygen atoms in total. The molecule has 2 aliphatic rings. The van der Waals surface area contributed by atoms with E-state index in [4.69, 9.17) is 24.7 Å². The first kappa shape index (κ1) is 16.2. The molecular weight excluding hydrogens is 258 g/mol. The summed E-state index contributed by atoms with van der Waals surface area (Å²) in [4.78, 5) is 0. The summed E-state index contributed by atoms with van der Waals surface area (Å²) in [6.07, 6.45) is 5.07. The van der Waals surface area contributed by atoms with Crippen LogP contribution in [0.4, 0.5) is 0 Å². The predicted octanol–water partition coefficient (Wildman–Crippen LogP) is 1.20. The minimum atomic E-state index is 0.151. The van der Waals surface area contributed by atoms with E-state index in [2.05, 4.69) is 0 Å². The molecule has 2 unspecified atom stereocenters. The van der Waals surface area contributed by atoms with Gasteiger partial charge in [0.2, 0.25) is 0 Å². The molecule has 0 spiro atoms. The highest BCUT2D eigenvalue weighted by Crippen LogP contribution is 2.49. The zero-order valence-electron chi connectivity index (χ0n) is 12.6. The second kappa shape index (κ2) is 8.29. The Labute approximate surface area is 122 Å². The van der Waals surface area contributed by atoms with Crippen LogP contribution in [0.1, 0.15) is 25.7 Å². The molecule has 0 radical (unpaired) electrons. The molecule has 5 heteroatoms. The van der Waals surface area contributed by atoms with E-state index in [1.807, 2.05) is 0 Å². The second-order valence-corrected chi connectivity index (χ2v) is 5.91. The van der Waals surface area contributed by atoms with Gasteiger partial charge >= 0.3 is 0 Å². The molecule has 2 fully saturated rings. The van der Waals surface area contributed by atoms with E-state index in [9.17, 15) is 0 Å². The molecule has 1 saturated carbocycles. The molecule has 2 N–H and O–H groups in total. The molecule has 0 aromatic rings. The van der Waals surface area contributed by atoms with Gasteiger partial charge in [-0.1, -0.05) is 0 Å². The number of nitrogens with two attached hydrogens (primary N) is 1. The molecule has 1 aliphatic carbocycles. The van der Waals surface area contributed by atoms with Crippen molar-refractivity contribution in [1.82, 2.24) is 0 Å². The maximum absolute atomic E-state index is 6.05. The predicted molar refractivity (Wildman–Crippen MR) is 76.7 cm³/mol. The molecule has 1 heterocycles. The first-order valence-corrected chi connectivity index (χ1v) is 7.78. The van der Waals surface area contributed by atoms with Gasteiger partial charge in [-0.2, -0.15) is 0 Å². The minimum Gasteiger partial charge on any atom is -0.382 e. The molecule has 2 atom stereocenters. The van der Waals surface area contributed by atoms with Gasteiger partial charge in [-0.15, -0.1) is 0 Å². The fraction of sp³-hybridized carbons (Fsp3) is 1.00. The van der Waals surface area contributed by atoms with Gasteiger partial charge in [0.1, 0.15) is 0 Å². The monoisotopic (exact) mass is 287 g/mol. The van der Waals surface area contributed by atoms with Crippen LogP contribution in [0.3, 0.4) is 0 Å². The van der Waals surface area contributed by atoms with E-state index in [0.29, 0.717) is 39.1 Å². The molecule has 118 valence electrons. The number of methoxy groups -OCH3 is 1. The van der Waals surface area contributed by atoms with Crippen molar-refractivity contribution in [1.29, 1.82) is 0 Å². The van der Waals surface area contributed by atoms with Crippen LogP contribution in [0.5, 0.6) is 0 Å². The lowest BCUT2D eigenvalue weighted by Crippen LogP contribution is -2.40. The first-order valence-electron chi connectivity index (χ1n) is 7.78. The van der Waals surface area contributed by atoms with Crippen molar-refractivity contribution in [2.45, 2.75) is 31.8 Å². The SMILES string of the molecule is COCCOCCOCCC1(CN)CCOC1C1CC1. The number of ether oxygens (including phenoxy) is 4. The van der Waals surface area contributed by atoms with Crippen LogP contribution < -0.4 is 5.73 Å². The third-order valence-corrected chi connectivity index (χ3v) is 4.51. The summed E-state index contributed by atoms with van der Waals surface area (Å²) in [5.41, 5.74) is 6.20. The van der Waals surface area contributed by atoms with Crippen LogP contribution in [0.2, 0.25) is 0 Å². The number of hydrogen-bond acceptors (Lipinski definition) is 5. The molecule has 20 heavy (non-hydrogen) atoms.